The summed E-state index contributed by atoms with van der Waals surface area (Å²) < 4.78 is 36.2. The first kappa shape index (κ1) is 18.1. The summed E-state index contributed by atoms with van der Waals surface area (Å²) in [4.78, 5) is 11.1. The summed E-state index contributed by atoms with van der Waals surface area (Å²) >= 11 is 0. The summed E-state index contributed by atoms with van der Waals surface area (Å²) in [5.74, 6) is 0. The van der Waals surface area contributed by atoms with Crippen molar-refractivity contribution in [2.24, 2.45) is 0 Å². The molecule has 0 heterocycles. The van der Waals surface area contributed by atoms with Crippen LogP contribution in [-0.2, 0) is 27.8 Å². The largest absolute Gasteiger partial charge is 0.510 e. The fraction of sp³-hybridized carbons (Fsp3) is 0.727. The summed E-state index contributed by atoms with van der Waals surface area (Å²) in [6, 6.07) is 0. The van der Waals surface area contributed by atoms with Crippen molar-refractivity contribution >= 4 is 13.8 Å². The molecule has 0 N–H and O–H groups in total. The zero-order chi connectivity index (χ0) is 14.7. The molecule has 7 nitrogen and oxygen atoms in total. The van der Waals surface area contributed by atoms with Gasteiger partial charge in [0.15, 0.2) is 6.79 Å². The Morgan fingerprint density at radius 1 is 1.32 bits per heavy atom. The third kappa shape index (κ3) is 9.67. The van der Waals surface area contributed by atoms with Crippen LogP contribution in [0.3, 0.4) is 0 Å². The first-order chi connectivity index (χ1) is 8.93. The van der Waals surface area contributed by atoms with Crippen molar-refractivity contribution in [2.75, 3.05) is 26.4 Å². The van der Waals surface area contributed by atoms with E-state index in [1.807, 2.05) is 0 Å². The Bertz CT molecular complexity index is 316. The Labute approximate surface area is 113 Å². The third-order valence-corrected chi connectivity index (χ3v) is 3.35. The van der Waals surface area contributed by atoms with Crippen molar-refractivity contribution in [1.29, 1.82) is 0 Å². The van der Waals surface area contributed by atoms with Crippen LogP contribution in [0.15, 0.2) is 12.7 Å². The first-order valence-corrected chi connectivity index (χ1v) is 7.56. The van der Waals surface area contributed by atoms with E-state index in [9.17, 15) is 9.36 Å². The average molecular weight is 296 g/mol. The van der Waals surface area contributed by atoms with Crippen LogP contribution in [0.2, 0.25) is 0 Å². The van der Waals surface area contributed by atoms with Gasteiger partial charge in [0.2, 0.25) is 6.79 Å². The molecule has 1 unspecified atom stereocenters. The number of carbonyl (C=O) groups excluding carboxylic acids is 1. The van der Waals surface area contributed by atoms with Crippen LogP contribution < -0.4 is 0 Å². The molecule has 0 bridgehead atoms. The summed E-state index contributed by atoms with van der Waals surface area (Å²) in [6.07, 6.45) is 0.175. The molecule has 1 atom stereocenters. The van der Waals surface area contributed by atoms with Gasteiger partial charge < -0.3 is 14.2 Å². The number of hydrogen-bond donors (Lipinski definition) is 0. The van der Waals surface area contributed by atoms with Gasteiger partial charge >= 0.3 is 13.8 Å². The minimum absolute atomic E-state index is 0.0112. The molecule has 0 rings (SSSR count). The average Bonchev–Trinajstić information content (AvgIpc) is 2.28. The number of hydrogen-bond acceptors (Lipinski definition) is 7. The highest BCUT2D eigenvalue weighted by atomic mass is 31.2. The Hall–Kier alpha value is -0.880. The fourth-order valence-electron chi connectivity index (χ4n) is 0.883. The van der Waals surface area contributed by atoms with E-state index in [0.717, 1.165) is 0 Å². The number of carbonyl (C=O) groups is 1. The van der Waals surface area contributed by atoms with Crippen molar-refractivity contribution in [1.82, 2.24) is 0 Å². The highest BCUT2D eigenvalue weighted by Gasteiger charge is 2.24. The normalized spacial score (nSPS) is 13.9. The lowest BCUT2D eigenvalue weighted by Gasteiger charge is -2.17. The molecule has 0 radical (unpaired) electrons. The second-order valence-electron chi connectivity index (χ2n) is 3.63. The van der Waals surface area contributed by atoms with Gasteiger partial charge in [-0.25, -0.2) is 4.79 Å². The third-order valence-electron chi connectivity index (χ3n) is 1.65. The highest BCUT2D eigenvalue weighted by Crippen LogP contribution is 2.47. The van der Waals surface area contributed by atoms with Crippen LogP contribution in [0, 0.1) is 0 Å². The fourth-order valence-corrected chi connectivity index (χ4v) is 1.93. The molecule has 112 valence electrons. The van der Waals surface area contributed by atoms with Gasteiger partial charge in [0, 0.05) is 6.61 Å². The van der Waals surface area contributed by atoms with E-state index in [4.69, 9.17) is 18.5 Å². The lowest BCUT2D eigenvalue weighted by molar-refractivity contribution is -0.0263. The van der Waals surface area contributed by atoms with E-state index in [-0.39, 0.29) is 19.1 Å². The zero-order valence-corrected chi connectivity index (χ0v) is 12.4. The van der Waals surface area contributed by atoms with Crippen molar-refractivity contribution in [2.45, 2.75) is 26.9 Å². The Balaban J connectivity index is 4.09. The Morgan fingerprint density at radius 3 is 2.47 bits per heavy atom. The van der Waals surface area contributed by atoms with Crippen LogP contribution in [0.25, 0.3) is 0 Å². The monoisotopic (exact) mass is 296 g/mol. The molecule has 0 saturated carbocycles. The molecule has 19 heavy (non-hydrogen) atoms. The van der Waals surface area contributed by atoms with Crippen LogP contribution in [-0.4, -0.2) is 38.6 Å². The molecule has 0 fully saturated rings. The number of rotatable bonds is 10. The molecule has 0 aromatic heterocycles. The molecule has 0 amide bonds. The predicted molar refractivity (Wildman–Crippen MR) is 68.9 cm³/mol. The SMILES string of the molecule is C=CCP(=O)(OCOCC)OCOC(=O)OC(C)C. The molecule has 0 aliphatic heterocycles. The summed E-state index contributed by atoms with van der Waals surface area (Å²) in [7, 11) is -3.42. The van der Waals surface area contributed by atoms with E-state index in [0.29, 0.717) is 6.61 Å². The van der Waals surface area contributed by atoms with Crippen molar-refractivity contribution in [3.05, 3.63) is 12.7 Å². The molecular formula is C11H21O7P. The van der Waals surface area contributed by atoms with Crippen molar-refractivity contribution in [3.63, 3.8) is 0 Å². The number of ether oxygens (including phenoxy) is 3. The predicted octanol–water partition coefficient (Wildman–Crippen LogP) is 2.91. The minimum Gasteiger partial charge on any atom is -0.432 e. The topological polar surface area (TPSA) is 80.3 Å². The van der Waals surface area contributed by atoms with Gasteiger partial charge in [0.25, 0.3) is 0 Å². The van der Waals surface area contributed by atoms with Crippen LogP contribution in [0.4, 0.5) is 4.79 Å². The van der Waals surface area contributed by atoms with Gasteiger partial charge in [-0.3, -0.25) is 13.6 Å². The van der Waals surface area contributed by atoms with E-state index in [1.165, 1.54) is 6.08 Å². The zero-order valence-electron chi connectivity index (χ0n) is 11.5. The first-order valence-electron chi connectivity index (χ1n) is 5.83. The van der Waals surface area contributed by atoms with Gasteiger partial charge in [-0.15, -0.1) is 6.58 Å². The maximum absolute atomic E-state index is 12.1. The summed E-state index contributed by atoms with van der Waals surface area (Å²) in [6.45, 7) is 8.30. The Kier molecular flexibility index (Phi) is 9.51. The van der Waals surface area contributed by atoms with Gasteiger partial charge in [0.1, 0.15) is 0 Å². The lowest BCUT2D eigenvalue weighted by atomic mass is 10.5. The maximum atomic E-state index is 12.1. The molecule has 0 saturated heterocycles. The maximum Gasteiger partial charge on any atom is 0.510 e. The lowest BCUT2D eigenvalue weighted by Crippen LogP contribution is -2.15. The van der Waals surface area contributed by atoms with E-state index >= 15 is 0 Å². The molecule has 0 aromatic rings. The van der Waals surface area contributed by atoms with Crippen LogP contribution in [0.1, 0.15) is 20.8 Å². The van der Waals surface area contributed by atoms with E-state index < -0.39 is 20.5 Å². The summed E-state index contributed by atoms with van der Waals surface area (Å²) in [5.41, 5.74) is 0. The van der Waals surface area contributed by atoms with Gasteiger partial charge in [0.05, 0.1) is 12.3 Å². The van der Waals surface area contributed by atoms with E-state index in [1.54, 1.807) is 20.8 Å². The molecule has 0 aliphatic carbocycles. The number of allylic oxidation sites excluding steroid dienone is 1. The highest BCUT2D eigenvalue weighted by molar-refractivity contribution is 7.54. The van der Waals surface area contributed by atoms with Crippen molar-refractivity contribution in [3.8, 4) is 0 Å². The van der Waals surface area contributed by atoms with E-state index in [2.05, 4.69) is 11.3 Å². The van der Waals surface area contributed by atoms with Crippen LogP contribution in [0.5, 0.6) is 0 Å². The standard InChI is InChI=1S/C11H21O7P/c1-5-7-19(13,16-8-14-6-2)17-9-15-11(12)18-10(3)4/h5,10H,1,6-9H2,2-4H3. The molecule has 8 heteroatoms. The van der Waals surface area contributed by atoms with Gasteiger partial charge in [-0.1, -0.05) is 6.08 Å². The minimum atomic E-state index is -3.42. The molecule has 0 aliphatic rings. The second kappa shape index (κ2) is 9.97. The molecule has 0 aromatic carbocycles. The molecular weight excluding hydrogens is 275 g/mol. The van der Waals surface area contributed by atoms with Crippen molar-refractivity contribution < 1.29 is 32.6 Å². The summed E-state index contributed by atoms with van der Waals surface area (Å²) in [5, 5.41) is 0. The molecule has 0 spiro atoms. The smallest absolute Gasteiger partial charge is 0.432 e. The quantitative estimate of drug-likeness (QED) is 0.201. The van der Waals surface area contributed by atoms with Gasteiger partial charge in [-0.2, -0.15) is 0 Å². The Morgan fingerprint density at radius 2 is 1.95 bits per heavy atom. The second-order valence-corrected chi connectivity index (χ2v) is 5.73. The van der Waals surface area contributed by atoms with Crippen LogP contribution >= 0.6 is 7.60 Å². The van der Waals surface area contributed by atoms with Gasteiger partial charge in [-0.05, 0) is 20.8 Å².